The first-order chi connectivity index (χ1) is 8.15. The van der Waals surface area contributed by atoms with E-state index in [1.54, 1.807) is 11.3 Å². The first-order valence-corrected chi connectivity index (χ1v) is 7.42. The van der Waals surface area contributed by atoms with E-state index in [1.165, 1.54) is 10.4 Å². The van der Waals surface area contributed by atoms with Crippen molar-refractivity contribution in [1.29, 1.82) is 0 Å². The second kappa shape index (κ2) is 6.01. The average molecular weight is 331 g/mol. The van der Waals surface area contributed by atoms with Crippen LogP contribution in [0.2, 0.25) is 5.02 Å². The van der Waals surface area contributed by atoms with Crippen LogP contribution >= 0.6 is 38.9 Å². The van der Waals surface area contributed by atoms with Crippen LogP contribution in [0, 0.1) is 0 Å². The van der Waals surface area contributed by atoms with Crippen LogP contribution in [0.4, 0.5) is 0 Å². The molecule has 0 aliphatic carbocycles. The summed E-state index contributed by atoms with van der Waals surface area (Å²) in [7, 11) is 0. The molecule has 0 bridgehead atoms. The normalized spacial score (nSPS) is 12.6. The molecule has 0 saturated heterocycles. The van der Waals surface area contributed by atoms with Gasteiger partial charge in [-0.25, -0.2) is 0 Å². The summed E-state index contributed by atoms with van der Waals surface area (Å²) in [4.78, 5) is 1.32. The Morgan fingerprint density at radius 1 is 1.41 bits per heavy atom. The zero-order chi connectivity index (χ0) is 12.3. The van der Waals surface area contributed by atoms with Crippen LogP contribution in [-0.4, -0.2) is 0 Å². The van der Waals surface area contributed by atoms with Gasteiger partial charge in [0.1, 0.15) is 0 Å². The second-order valence-corrected chi connectivity index (χ2v) is 6.24. The number of hydrogen-bond acceptors (Lipinski definition) is 2. The smallest absolute Gasteiger partial charge is 0.0409 e. The van der Waals surface area contributed by atoms with Gasteiger partial charge in [0.25, 0.3) is 0 Å². The zero-order valence-corrected chi connectivity index (χ0v) is 12.6. The lowest BCUT2D eigenvalue weighted by atomic mass is 10.1. The third kappa shape index (κ3) is 3.81. The third-order valence-corrected chi connectivity index (χ3v) is 4.49. The molecule has 0 radical (unpaired) electrons. The van der Waals surface area contributed by atoms with E-state index in [4.69, 9.17) is 11.6 Å². The molecule has 2 rings (SSSR count). The molecule has 0 spiro atoms. The van der Waals surface area contributed by atoms with Crippen LogP contribution in [0.3, 0.4) is 0 Å². The molecule has 1 nitrogen and oxygen atoms in total. The number of rotatable bonds is 4. The molecule has 1 heterocycles. The zero-order valence-electron chi connectivity index (χ0n) is 9.41. The van der Waals surface area contributed by atoms with Crippen LogP contribution in [0.25, 0.3) is 0 Å². The summed E-state index contributed by atoms with van der Waals surface area (Å²) in [5.74, 6) is 0. The molecule has 0 unspecified atom stereocenters. The lowest BCUT2D eigenvalue weighted by Crippen LogP contribution is -2.17. The Hall–Kier alpha value is -0.350. The maximum atomic E-state index is 5.98. The monoisotopic (exact) mass is 329 g/mol. The molecule has 2 aromatic rings. The van der Waals surface area contributed by atoms with Crippen molar-refractivity contribution in [1.82, 2.24) is 5.32 Å². The van der Waals surface area contributed by atoms with Gasteiger partial charge >= 0.3 is 0 Å². The highest BCUT2D eigenvalue weighted by molar-refractivity contribution is 9.10. The lowest BCUT2D eigenvalue weighted by molar-refractivity contribution is 0.579. The summed E-state index contributed by atoms with van der Waals surface area (Å²) in [6.45, 7) is 3.03. The van der Waals surface area contributed by atoms with E-state index in [2.05, 4.69) is 45.7 Å². The predicted octanol–water partition coefficient (Wildman–Crippen LogP) is 5.01. The second-order valence-electron chi connectivity index (χ2n) is 3.89. The van der Waals surface area contributed by atoms with E-state index in [0.29, 0.717) is 6.04 Å². The lowest BCUT2D eigenvalue weighted by Gasteiger charge is -2.13. The molecule has 1 aromatic carbocycles. The highest BCUT2D eigenvalue weighted by Gasteiger charge is 2.06. The number of thiophene rings is 1. The maximum absolute atomic E-state index is 5.98. The van der Waals surface area contributed by atoms with Crippen LogP contribution in [0.1, 0.15) is 23.4 Å². The third-order valence-electron chi connectivity index (χ3n) is 2.55. The molecular weight excluding hydrogens is 318 g/mol. The van der Waals surface area contributed by atoms with Crippen molar-refractivity contribution in [2.24, 2.45) is 0 Å². The molecule has 0 amide bonds. The Kier molecular flexibility index (Phi) is 4.62. The Morgan fingerprint density at radius 3 is 2.88 bits per heavy atom. The summed E-state index contributed by atoms with van der Waals surface area (Å²) in [6, 6.07) is 10.4. The molecule has 0 fully saturated rings. The van der Waals surface area contributed by atoms with Crippen molar-refractivity contribution in [2.75, 3.05) is 0 Å². The fourth-order valence-electron chi connectivity index (χ4n) is 1.59. The number of nitrogens with one attached hydrogen (secondary N) is 1. The SMILES string of the molecule is C[C@H](NCc1cc(Br)cs1)c1cccc(Cl)c1. The van der Waals surface area contributed by atoms with Gasteiger partial charge in [0, 0.05) is 32.3 Å². The van der Waals surface area contributed by atoms with Gasteiger partial charge in [-0.05, 0) is 46.6 Å². The molecule has 17 heavy (non-hydrogen) atoms. The van der Waals surface area contributed by atoms with Gasteiger partial charge in [-0.3, -0.25) is 0 Å². The molecule has 90 valence electrons. The fraction of sp³-hybridized carbons (Fsp3) is 0.231. The van der Waals surface area contributed by atoms with Crippen molar-refractivity contribution >= 4 is 38.9 Å². The Bertz CT molecular complexity index is 498. The number of halogens is 2. The summed E-state index contributed by atoms with van der Waals surface area (Å²) in [5.41, 5.74) is 1.22. The summed E-state index contributed by atoms with van der Waals surface area (Å²) < 4.78 is 1.15. The highest BCUT2D eigenvalue weighted by atomic mass is 79.9. The van der Waals surface area contributed by atoms with Crippen LogP contribution in [0.15, 0.2) is 40.2 Å². The predicted molar refractivity (Wildman–Crippen MR) is 78.7 cm³/mol. The van der Waals surface area contributed by atoms with Crippen molar-refractivity contribution in [2.45, 2.75) is 19.5 Å². The van der Waals surface area contributed by atoms with Gasteiger partial charge in [0.15, 0.2) is 0 Å². The summed E-state index contributed by atoms with van der Waals surface area (Å²) >= 11 is 11.2. The molecule has 1 aromatic heterocycles. The maximum Gasteiger partial charge on any atom is 0.0409 e. The Morgan fingerprint density at radius 2 is 2.24 bits per heavy atom. The van der Waals surface area contributed by atoms with E-state index in [0.717, 1.165) is 16.0 Å². The molecule has 1 N–H and O–H groups in total. The van der Waals surface area contributed by atoms with E-state index >= 15 is 0 Å². The first kappa shape index (κ1) is 13.1. The Balaban J connectivity index is 1.95. The molecule has 4 heteroatoms. The van der Waals surface area contributed by atoms with Crippen LogP contribution in [0.5, 0.6) is 0 Å². The van der Waals surface area contributed by atoms with Crippen LogP contribution < -0.4 is 5.32 Å². The number of benzene rings is 1. The van der Waals surface area contributed by atoms with Gasteiger partial charge in [0.2, 0.25) is 0 Å². The molecule has 0 aliphatic rings. The van der Waals surface area contributed by atoms with Gasteiger partial charge in [0.05, 0.1) is 0 Å². The largest absolute Gasteiger partial charge is 0.305 e. The summed E-state index contributed by atoms with van der Waals surface area (Å²) in [6.07, 6.45) is 0. The van der Waals surface area contributed by atoms with Gasteiger partial charge in [-0.1, -0.05) is 23.7 Å². The summed E-state index contributed by atoms with van der Waals surface area (Å²) in [5, 5.41) is 6.37. The van der Waals surface area contributed by atoms with Crippen molar-refractivity contribution in [3.05, 3.63) is 55.6 Å². The molecule has 0 saturated carbocycles. The minimum atomic E-state index is 0.301. The van der Waals surface area contributed by atoms with Gasteiger partial charge < -0.3 is 5.32 Å². The fourth-order valence-corrected chi connectivity index (χ4v) is 3.19. The minimum Gasteiger partial charge on any atom is -0.305 e. The quantitative estimate of drug-likeness (QED) is 0.830. The Labute approximate surface area is 119 Å². The minimum absolute atomic E-state index is 0.301. The highest BCUT2D eigenvalue weighted by Crippen LogP contribution is 2.21. The van der Waals surface area contributed by atoms with Crippen molar-refractivity contribution < 1.29 is 0 Å². The van der Waals surface area contributed by atoms with Gasteiger partial charge in [-0.15, -0.1) is 11.3 Å². The van der Waals surface area contributed by atoms with E-state index < -0.39 is 0 Å². The average Bonchev–Trinajstić information content (AvgIpc) is 2.72. The van der Waals surface area contributed by atoms with E-state index in [-0.39, 0.29) is 0 Å². The van der Waals surface area contributed by atoms with E-state index in [9.17, 15) is 0 Å². The van der Waals surface area contributed by atoms with Crippen LogP contribution in [-0.2, 0) is 6.54 Å². The number of hydrogen-bond donors (Lipinski definition) is 1. The standard InChI is InChI=1S/C13H13BrClNS/c1-9(10-3-2-4-12(15)5-10)16-7-13-6-11(14)8-17-13/h2-6,8-9,16H,7H2,1H3/t9-/m0/s1. The van der Waals surface area contributed by atoms with Crippen molar-refractivity contribution in [3.63, 3.8) is 0 Å². The van der Waals surface area contributed by atoms with E-state index in [1.807, 2.05) is 18.2 Å². The van der Waals surface area contributed by atoms with Crippen molar-refractivity contribution in [3.8, 4) is 0 Å². The topological polar surface area (TPSA) is 12.0 Å². The van der Waals surface area contributed by atoms with Gasteiger partial charge in [-0.2, -0.15) is 0 Å². The molecular formula is C13H13BrClNS. The first-order valence-electron chi connectivity index (χ1n) is 5.37. The molecule has 1 atom stereocenters. The molecule has 0 aliphatic heterocycles.